The number of piperidine rings is 1. The molecule has 97 heavy (non-hydrogen) atoms. The van der Waals surface area contributed by atoms with Gasteiger partial charge in [0, 0.05) is 110 Å². The third-order valence-corrected chi connectivity index (χ3v) is 24.1. The number of ether oxygens (including phenoxy) is 1. The first kappa shape index (κ1) is 69.5. The minimum absolute atomic E-state index is 0.0500. The standard InChI is InChI=1S/C68H79N15O8S6/c1-37(2)44-29-50(84)56-39(4)96-66(80-56)46(30-53(85)69-5)72-61(89)48-34-92-62(74-48)43-19-20-45(64-77-52(36-95-64)76-60(88)41-15-17-42(18-16-41)68(90)83-27-25-82(26-28-83)24-23-81-21-11-8-12-22-81)71-57(43)47-33-93-65(73-47)49-35-94-67(75-49)58(59(87)40-13-9-7-10-14-40)78-54(86)31-70-38(3)55-51(32-91-6)97-63(44)79-55/h7,9-10,13-14,19-20,33-37,41-42,44,46,58-59,70,87H,3,8,11-12,15-18,21-32H2,1-2,4-6H3,(H,69,85)(H,72,89)(H,76,88)(H,78,86)/t41?,42?,44-,46+,58+,59+/m1/s1. The SMILES string of the molecule is C=C1NCC(=O)N[C@@H]([C@@H](O)c2ccccc2)c2nc(cs2)-c2nc(cs2)-c2nc(-c3nc(NC(=O)C4CCC(C(=O)N5CCN(CCN6CCCCC6)CC5)CC4)cs3)ccc2-c2nc(cs2)C(=O)N[C@@H](CC(=O)NC)c2nc(c(C)s2)C(=O)C[C@H](C(C)C)c2nc1c(COC)s2. The summed E-state index contributed by atoms with van der Waals surface area (Å²) in [5, 5.41) is 37.0. The van der Waals surface area contributed by atoms with Gasteiger partial charge in [0.15, 0.2) is 5.78 Å². The van der Waals surface area contributed by atoms with E-state index in [4.69, 9.17) is 39.6 Å². The number of anilines is 1. The quantitative estimate of drug-likeness (QED) is 0.0590. The molecule has 0 spiro atoms. The van der Waals surface area contributed by atoms with Gasteiger partial charge in [-0.25, -0.2) is 34.9 Å². The van der Waals surface area contributed by atoms with Gasteiger partial charge in [-0.1, -0.05) is 57.2 Å². The molecule has 10 heterocycles. The van der Waals surface area contributed by atoms with Crippen LogP contribution < -0.4 is 26.6 Å². The second kappa shape index (κ2) is 31.6. The fraction of sp³-hybridized carbons (Fsp3) is 0.456. The number of pyridine rings is 1. The maximum Gasteiger partial charge on any atom is 0.271 e. The van der Waals surface area contributed by atoms with Crippen molar-refractivity contribution in [2.45, 2.75) is 109 Å². The number of nitrogens with zero attached hydrogens (tertiary/aromatic N) is 10. The van der Waals surface area contributed by atoms with E-state index < -0.39 is 30.0 Å². The highest BCUT2D eigenvalue weighted by Crippen LogP contribution is 2.42. The Morgan fingerprint density at radius 1 is 0.701 bits per heavy atom. The molecule has 0 unspecified atom stereocenters. The molecule has 23 nitrogen and oxygen atoms in total. The second-order valence-corrected chi connectivity index (χ2v) is 31.0. The normalized spacial score (nSPS) is 20.6. The number of benzene rings is 1. The fourth-order valence-corrected chi connectivity index (χ4v) is 18.3. The van der Waals surface area contributed by atoms with Gasteiger partial charge in [0.1, 0.15) is 77.2 Å². The molecule has 1 saturated carbocycles. The molecule has 3 fully saturated rings. The van der Waals surface area contributed by atoms with E-state index in [1.165, 1.54) is 107 Å². The molecule has 4 atom stereocenters. The summed E-state index contributed by atoms with van der Waals surface area (Å²) in [4.78, 5) is 127. The van der Waals surface area contributed by atoms with Crippen molar-refractivity contribution in [1.82, 2.24) is 70.9 Å². The summed E-state index contributed by atoms with van der Waals surface area (Å²) in [6.07, 6.45) is 5.10. The molecule has 7 aromatic heterocycles. The van der Waals surface area contributed by atoms with Gasteiger partial charge in [-0.05, 0) is 82.2 Å². The van der Waals surface area contributed by atoms with E-state index in [0.717, 1.165) is 44.1 Å². The number of hydrogen-bond donors (Lipinski definition) is 6. The zero-order valence-electron chi connectivity index (χ0n) is 54.8. The monoisotopic (exact) mass is 1430 g/mol. The Morgan fingerprint density at radius 2 is 1.38 bits per heavy atom. The number of thiazole rings is 6. The molecule has 6 N–H and O–H groups in total. The number of nitrogens with one attached hydrogen (secondary N) is 5. The van der Waals surface area contributed by atoms with E-state index in [9.17, 15) is 33.9 Å². The first-order chi connectivity index (χ1) is 47.0. The van der Waals surface area contributed by atoms with Crippen LogP contribution in [-0.2, 0) is 30.5 Å². The van der Waals surface area contributed by atoms with Crippen molar-refractivity contribution in [1.29, 1.82) is 0 Å². The van der Waals surface area contributed by atoms with E-state index in [1.54, 1.807) is 43.0 Å². The minimum Gasteiger partial charge on any atom is -0.386 e. The number of aromatic nitrogens is 7. The van der Waals surface area contributed by atoms with Crippen LogP contribution in [0.4, 0.5) is 5.82 Å². The number of carbonyl (C=O) groups is 6. The van der Waals surface area contributed by atoms with Gasteiger partial charge in [-0.15, -0.1) is 68.0 Å². The predicted octanol–water partition coefficient (Wildman–Crippen LogP) is 10.4. The molecule has 12 rings (SSSR count). The average Bonchev–Trinajstić information content (AvgIpc) is 1.70. The van der Waals surface area contributed by atoms with Crippen LogP contribution in [0, 0.1) is 24.7 Å². The van der Waals surface area contributed by atoms with E-state index in [2.05, 4.69) is 43.0 Å². The summed E-state index contributed by atoms with van der Waals surface area (Å²) >= 11 is 7.74. The minimum atomic E-state index is -1.21. The number of Topliss-reactive ketones (excluding diaryl/α,β-unsaturated/α-hetero) is 1. The molecule has 29 heteroatoms. The Balaban J connectivity index is 0.818. The Bertz CT molecular complexity index is 4140. The van der Waals surface area contributed by atoms with Crippen molar-refractivity contribution in [3.63, 3.8) is 0 Å². The van der Waals surface area contributed by atoms with Crippen LogP contribution in [0.3, 0.4) is 0 Å². The number of piperazine rings is 1. The lowest BCUT2D eigenvalue weighted by Crippen LogP contribution is -2.52. The number of aryl methyl sites for hydroxylation is 1. The number of amides is 5. The third kappa shape index (κ3) is 16.5. The molecular formula is C68H79N15O8S6. The van der Waals surface area contributed by atoms with Crippen molar-refractivity contribution in [2.75, 3.05) is 78.4 Å². The number of aliphatic hydroxyl groups is 1. The molecule has 510 valence electrons. The average molecular weight is 1430 g/mol. The topological polar surface area (TPSA) is 292 Å². The molecular weight excluding hydrogens is 1350 g/mol. The molecule has 5 amide bonds. The van der Waals surface area contributed by atoms with Gasteiger partial charge < -0.3 is 46.2 Å². The number of ketones is 1. The van der Waals surface area contributed by atoms with Crippen molar-refractivity contribution in [2.24, 2.45) is 17.8 Å². The Kier molecular flexibility index (Phi) is 22.6. The number of rotatable bonds is 14. The van der Waals surface area contributed by atoms with Gasteiger partial charge >= 0.3 is 0 Å². The van der Waals surface area contributed by atoms with Gasteiger partial charge in [-0.3, -0.25) is 33.7 Å². The zero-order chi connectivity index (χ0) is 67.9. The Morgan fingerprint density at radius 3 is 2.12 bits per heavy atom. The van der Waals surface area contributed by atoms with Gasteiger partial charge in [0.25, 0.3) is 5.91 Å². The number of aliphatic hydroxyl groups excluding tert-OH is 1. The van der Waals surface area contributed by atoms with Crippen LogP contribution in [0.2, 0.25) is 0 Å². The van der Waals surface area contributed by atoms with Crippen molar-refractivity contribution >= 4 is 115 Å². The lowest BCUT2D eigenvalue weighted by atomic mass is 9.81. The summed E-state index contributed by atoms with van der Waals surface area (Å²) < 4.78 is 5.61. The van der Waals surface area contributed by atoms with Gasteiger partial charge in [0.05, 0.1) is 46.9 Å². The number of methoxy groups -OCH3 is 1. The highest BCUT2D eigenvalue weighted by molar-refractivity contribution is 7.15. The van der Waals surface area contributed by atoms with Crippen LogP contribution in [0.5, 0.6) is 0 Å². The molecule has 2 saturated heterocycles. The largest absolute Gasteiger partial charge is 0.386 e. The maximum atomic E-state index is 14.5. The summed E-state index contributed by atoms with van der Waals surface area (Å²) in [5.74, 6) is -1.92. The fourth-order valence-electron chi connectivity index (χ4n) is 12.7. The number of likely N-dealkylation sites (tertiary alicyclic amines) is 1. The molecule has 3 aliphatic heterocycles. The van der Waals surface area contributed by atoms with Crippen LogP contribution in [-0.4, -0.2) is 163 Å². The molecule has 1 aromatic carbocycles. The first-order valence-corrected chi connectivity index (χ1v) is 38.0. The van der Waals surface area contributed by atoms with Crippen LogP contribution in [0.25, 0.3) is 49.1 Å². The van der Waals surface area contributed by atoms with Crippen LogP contribution in [0.15, 0.2) is 70.6 Å². The third-order valence-electron chi connectivity index (χ3n) is 18.3. The number of fused-ring (bicyclic) bond motifs is 14. The van der Waals surface area contributed by atoms with Crippen molar-refractivity contribution in [3.8, 4) is 43.4 Å². The smallest absolute Gasteiger partial charge is 0.271 e. The summed E-state index contributed by atoms with van der Waals surface area (Å²) in [7, 11) is 3.08. The van der Waals surface area contributed by atoms with Gasteiger partial charge in [0.2, 0.25) is 23.6 Å². The Hall–Kier alpha value is -7.45. The van der Waals surface area contributed by atoms with E-state index >= 15 is 0 Å². The van der Waals surface area contributed by atoms with E-state index in [0.29, 0.717) is 112 Å². The molecule has 4 aliphatic rings. The second-order valence-electron chi connectivity index (χ2n) is 25.2. The molecule has 10 bridgehead atoms. The van der Waals surface area contributed by atoms with Crippen molar-refractivity contribution in [3.05, 3.63) is 118 Å². The van der Waals surface area contributed by atoms with Crippen LogP contribution in [0.1, 0.15) is 153 Å². The van der Waals surface area contributed by atoms with Gasteiger partial charge in [-0.2, -0.15) is 0 Å². The zero-order valence-corrected chi connectivity index (χ0v) is 59.7. The molecule has 1 aliphatic carbocycles. The summed E-state index contributed by atoms with van der Waals surface area (Å²) in [5.41, 5.74) is 4.10. The van der Waals surface area contributed by atoms with E-state index in [-0.39, 0.29) is 84.6 Å². The molecule has 0 radical (unpaired) electrons. The molecule has 8 aromatic rings. The van der Waals surface area contributed by atoms with E-state index in [1.807, 2.05) is 53.8 Å². The highest BCUT2D eigenvalue weighted by Gasteiger charge is 2.36. The predicted molar refractivity (Wildman–Crippen MR) is 380 cm³/mol. The number of hydrogen-bond acceptors (Lipinski definition) is 24. The maximum absolute atomic E-state index is 14.5. The van der Waals surface area contributed by atoms with Crippen molar-refractivity contribution < 1.29 is 38.6 Å². The summed E-state index contributed by atoms with van der Waals surface area (Å²) in [6, 6.07) is 10.8. The lowest BCUT2D eigenvalue weighted by molar-refractivity contribution is -0.139. The Labute approximate surface area is 587 Å². The lowest BCUT2D eigenvalue weighted by Gasteiger charge is -2.38. The first-order valence-electron chi connectivity index (χ1n) is 32.8. The number of carbonyl (C=O) groups excluding carboxylic acids is 6. The summed E-state index contributed by atoms with van der Waals surface area (Å²) in [6.45, 7) is 17.8. The highest BCUT2D eigenvalue weighted by atomic mass is 32.1. The van der Waals surface area contributed by atoms with Crippen LogP contribution >= 0.6 is 68.0 Å².